The first kappa shape index (κ1) is 9.79. The van der Waals surface area contributed by atoms with Gasteiger partial charge in [0.15, 0.2) is 0 Å². The Morgan fingerprint density at radius 2 is 2.08 bits per heavy atom. The molecular weight excluding hydrogens is 146 g/mol. The predicted molar refractivity (Wildman–Crippen MR) is 54.2 cm³/mol. The molecule has 0 aliphatic heterocycles. The van der Waals surface area contributed by atoms with Crippen molar-refractivity contribution in [2.75, 3.05) is 6.54 Å². The summed E-state index contributed by atoms with van der Waals surface area (Å²) in [6.45, 7) is 7.86. The highest BCUT2D eigenvalue weighted by atomic mass is 14.9. The lowest BCUT2D eigenvalue weighted by Crippen LogP contribution is -2.39. The van der Waals surface area contributed by atoms with E-state index in [0.29, 0.717) is 0 Å². The van der Waals surface area contributed by atoms with Gasteiger partial charge in [0.1, 0.15) is 0 Å². The zero-order valence-electron chi connectivity index (χ0n) is 8.56. The number of hydrogen-bond donors (Lipinski definition) is 1. The number of rotatable bonds is 2. The number of hydrogen-bond acceptors (Lipinski definition) is 1. The second-order valence-corrected chi connectivity index (χ2v) is 4.78. The van der Waals surface area contributed by atoms with E-state index in [1.54, 1.807) is 0 Å². The number of nitrogens with one attached hydrogen (secondary N) is 1. The summed E-state index contributed by atoms with van der Waals surface area (Å²) in [4.78, 5) is 0. The zero-order chi connectivity index (χ0) is 9.03. The normalized spacial score (nSPS) is 24.4. The highest BCUT2D eigenvalue weighted by molar-refractivity contribution is 4.91. The molecule has 0 heterocycles. The van der Waals surface area contributed by atoms with Gasteiger partial charge in [0, 0.05) is 5.54 Å². The Hall–Kier alpha value is -0.300. The third-order valence-electron chi connectivity index (χ3n) is 2.30. The van der Waals surface area contributed by atoms with Crippen molar-refractivity contribution < 1.29 is 0 Å². The van der Waals surface area contributed by atoms with E-state index in [9.17, 15) is 0 Å². The summed E-state index contributed by atoms with van der Waals surface area (Å²) in [6, 6.07) is 0. The summed E-state index contributed by atoms with van der Waals surface area (Å²) in [5.74, 6) is 0.870. The molecule has 0 saturated carbocycles. The largest absolute Gasteiger partial charge is 0.312 e. The van der Waals surface area contributed by atoms with Crippen LogP contribution in [0.15, 0.2) is 12.2 Å². The molecule has 0 spiro atoms. The Kier molecular flexibility index (Phi) is 3.33. The summed E-state index contributed by atoms with van der Waals surface area (Å²) in [5.41, 5.74) is 0.279. The van der Waals surface area contributed by atoms with Crippen molar-refractivity contribution in [1.82, 2.24) is 5.32 Å². The topological polar surface area (TPSA) is 12.0 Å². The van der Waals surface area contributed by atoms with Crippen LogP contribution in [0.1, 0.15) is 40.0 Å². The molecule has 1 nitrogen and oxygen atoms in total. The van der Waals surface area contributed by atoms with Crippen molar-refractivity contribution in [3.63, 3.8) is 0 Å². The Bertz CT molecular complexity index is 153. The van der Waals surface area contributed by atoms with Crippen LogP contribution in [0, 0.1) is 5.92 Å². The van der Waals surface area contributed by atoms with Gasteiger partial charge in [-0.3, -0.25) is 0 Å². The third-order valence-corrected chi connectivity index (χ3v) is 2.30. The SMILES string of the molecule is CC(C)(C)NCC1CC=CCC1. The lowest BCUT2D eigenvalue weighted by atomic mass is 9.93. The fourth-order valence-electron chi connectivity index (χ4n) is 1.49. The Labute approximate surface area is 76.2 Å². The lowest BCUT2D eigenvalue weighted by molar-refractivity contribution is 0.356. The molecule has 12 heavy (non-hydrogen) atoms. The van der Waals surface area contributed by atoms with Crippen LogP contribution in [0.3, 0.4) is 0 Å². The van der Waals surface area contributed by atoms with Gasteiger partial charge in [0.25, 0.3) is 0 Å². The van der Waals surface area contributed by atoms with Gasteiger partial charge in [-0.15, -0.1) is 0 Å². The lowest BCUT2D eigenvalue weighted by Gasteiger charge is -2.25. The van der Waals surface area contributed by atoms with Gasteiger partial charge in [-0.05, 0) is 52.5 Å². The molecule has 1 aliphatic carbocycles. The highest BCUT2D eigenvalue weighted by Crippen LogP contribution is 2.17. The molecule has 1 rings (SSSR count). The fourth-order valence-corrected chi connectivity index (χ4v) is 1.49. The van der Waals surface area contributed by atoms with Crippen LogP contribution in [0.25, 0.3) is 0 Å². The van der Waals surface area contributed by atoms with Gasteiger partial charge in [-0.1, -0.05) is 12.2 Å². The Morgan fingerprint density at radius 3 is 2.58 bits per heavy atom. The van der Waals surface area contributed by atoms with Crippen molar-refractivity contribution in [3.05, 3.63) is 12.2 Å². The highest BCUT2D eigenvalue weighted by Gasteiger charge is 2.14. The van der Waals surface area contributed by atoms with Crippen LogP contribution in [0.4, 0.5) is 0 Å². The van der Waals surface area contributed by atoms with E-state index in [-0.39, 0.29) is 5.54 Å². The first-order chi connectivity index (χ1) is 5.58. The van der Waals surface area contributed by atoms with Gasteiger partial charge < -0.3 is 5.32 Å². The fraction of sp³-hybridized carbons (Fsp3) is 0.818. The molecule has 1 atom stereocenters. The molecule has 0 aromatic rings. The molecule has 0 saturated heterocycles. The van der Waals surface area contributed by atoms with Crippen molar-refractivity contribution in [1.29, 1.82) is 0 Å². The van der Waals surface area contributed by atoms with Gasteiger partial charge in [-0.2, -0.15) is 0 Å². The van der Waals surface area contributed by atoms with Crippen molar-refractivity contribution in [2.45, 2.75) is 45.6 Å². The van der Waals surface area contributed by atoms with Crippen molar-refractivity contribution >= 4 is 0 Å². The monoisotopic (exact) mass is 167 g/mol. The molecule has 0 radical (unpaired) electrons. The molecule has 0 amide bonds. The first-order valence-electron chi connectivity index (χ1n) is 4.98. The van der Waals surface area contributed by atoms with Gasteiger partial charge >= 0.3 is 0 Å². The maximum Gasteiger partial charge on any atom is 0.00966 e. The van der Waals surface area contributed by atoms with E-state index < -0.39 is 0 Å². The van der Waals surface area contributed by atoms with Crippen LogP contribution in [-0.4, -0.2) is 12.1 Å². The Morgan fingerprint density at radius 1 is 1.33 bits per heavy atom. The Balaban J connectivity index is 2.19. The van der Waals surface area contributed by atoms with Crippen LogP contribution < -0.4 is 5.32 Å². The van der Waals surface area contributed by atoms with Crippen molar-refractivity contribution in [3.8, 4) is 0 Å². The third kappa shape index (κ3) is 3.91. The smallest absolute Gasteiger partial charge is 0.00966 e. The molecule has 1 heteroatoms. The van der Waals surface area contributed by atoms with Crippen LogP contribution in [-0.2, 0) is 0 Å². The van der Waals surface area contributed by atoms with E-state index in [1.165, 1.54) is 25.8 Å². The maximum absolute atomic E-state index is 3.56. The second kappa shape index (κ2) is 4.08. The summed E-state index contributed by atoms with van der Waals surface area (Å²) in [5, 5.41) is 3.56. The summed E-state index contributed by atoms with van der Waals surface area (Å²) in [7, 11) is 0. The molecular formula is C11H21N. The van der Waals surface area contributed by atoms with E-state index in [0.717, 1.165) is 5.92 Å². The van der Waals surface area contributed by atoms with E-state index in [4.69, 9.17) is 0 Å². The van der Waals surface area contributed by atoms with E-state index >= 15 is 0 Å². The standard InChI is InChI=1S/C11H21N/c1-11(2,3)12-9-10-7-5-4-6-8-10/h4-5,10,12H,6-9H2,1-3H3. The van der Waals surface area contributed by atoms with Crippen LogP contribution in [0.5, 0.6) is 0 Å². The first-order valence-corrected chi connectivity index (χ1v) is 4.98. The molecule has 1 N–H and O–H groups in total. The summed E-state index contributed by atoms with van der Waals surface area (Å²) in [6.07, 6.45) is 8.52. The zero-order valence-corrected chi connectivity index (χ0v) is 8.56. The maximum atomic E-state index is 3.56. The summed E-state index contributed by atoms with van der Waals surface area (Å²) < 4.78 is 0. The van der Waals surface area contributed by atoms with Gasteiger partial charge in [0.05, 0.1) is 0 Å². The van der Waals surface area contributed by atoms with Gasteiger partial charge in [-0.25, -0.2) is 0 Å². The van der Waals surface area contributed by atoms with E-state index in [1.807, 2.05) is 0 Å². The minimum Gasteiger partial charge on any atom is -0.312 e. The van der Waals surface area contributed by atoms with Crippen LogP contribution in [0.2, 0.25) is 0 Å². The van der Waals surface area contributed by atoms with Crippen LogP contribution >= 0.6 is 0 Å². The molecule has 0 fully saturated rings. The minimum absolute atomic E-state index is 0.279. The predicted octanol–water partition coefficient (Wildman–Crippen LogP) is 2.73. The quantitative estimate of drug-likeness (QED) is 0.624. The molecule has 1 aliphatic rings. The minimum atomic E-state index is 0.279. The van der Waals surface area contributed by atoms with Crippen molar-refractivity contribution in [2.24, 2.45) is 5.92 Å². The molecule has 0 aromatic heterocycles. The number of allylic oxidation sites excluding steroid dienone is 2. The average Bonchev–Trinajstić information content (AvgIpc) is 2.02. The molecule has 1 unspecified atom stereocenters. The molecule has 0 bridgehead atoms. The molecule has 70 valence electrons. The molecule has 0 aromatic carbocycles. The second-order valence-electron chi connectivity index (χ2n) is 4.78. The average molecular weight is 167 g/mol. The summed E-state index contributed by atoms with van der Waals surface area (Å²) >= 11 is 0. The van der Waals surface area contributed by atoms with E-state index in [2.05, 4.69) is 38.2 Å². The van der Waals surface area contributed by atoms with Gasteiger partial charge in [0.2, 0.25) is 0 Å².